The van der Waals surface area contributed by atoms with Gasteiger partial charge in [-0.25, -0.2) is 14.5 Å². The van der Waals surface area contributed by atoms with E-state index in [1.807, 2.05) is 46.7 Å². The zero-order valence-corrected chi connectivity index (χ0v) is 18.7. The van der Waals surface area contributed by atoms with Gasteiger partial charge >= 0.3 is 5.69 Å². The average Bonchev–Trinajstić information content (AvgIpc) is 3.42. The molecule has 0 atom stereocenters. The summed E-state index contributed by atoms with van der Waals surface area (Å²) in [5.74, 6) is 2.35. The number of carbonyl (C=O) groups is 1. The normalized spacial score (nSPS) is 14.9. The molecule has 0 saturated carbocycles. The van der Waals surface area contributed by atoms with Crippen LogP contribution in [0.1, 0.15) is 44.0 Å². The maximum atomic E-state index is 12.6. The van der Waals surface area contributed by atoms with E-state index in [1.165, 1.54) is 16.9 Å². The topological polar surface area (TPSA) is 80.2 Å². The van der Waals surface area contributed by atoms with E-state index in [0.717, 1.165) is 35.8 Å². The third kappa shape index (κ3) is 5.07. The van der Waals surface area contributed by atoms with Crippen molar-refractivity contribution < 1.29 is 9.53 Å². The summed E-state index contributed by atoms with van der Waals surface area (Å²) in [6.07, 6.45) is 2.50. The Bertz CT molecular complexity index is 1050. The van der Waals surface area contributed by atoms with Gasteiger partial charge in [-0.05, 0) is 59.9 Å². The smallest absolute Gasteiger partial charge is 0.348 e. The number of likely N-dealkylation sites (tertiary alicyclic amines) is 1. The molecule has 1 aliphatic rings. The highest BCUT2D eigenvalue weighted by Crippen LogP contribution is 2.23. The number of thiophene rings is 1. The molecule has 0 bridgehead atoms. The molecule has 1 N–H and O–H groups in total. The minimum atomic E-state index is -0.205. The number of aromatic amines is 1. The van der Waals surface area contributed by atoms with Crippen LogP contribution in [0.3, 0.4) is 0 Å². The number of nitrogens with zero attached hydrogens (tertiary/aromatic N) is 3. The van der Waals surface area contributed by atoms with Crippen molar-refractivity contribution in [1.82, 2.24) is 19.7 Å². The Labute approximate surface area is 185 Å². The molecule has 1 saturated heterocycles. The van der Waals surface area contributed by atoms with Crippen LogP contribution in [0.15, 0.2) is 46.6 Å². The number of hydrogen-bond acceptors (Lipinski definition) is 5. The summed E-state index contributed by atoms with van der Waals surface area (Å²) >= 11 is 1.52. The first-order valence-electron chi connectivity index (χ1n) is 10.7. The lowest BCUT2D eigenvalue weighted by Gasteiger charge is -2.31. The fourth-order valence-electron chi connectivity index (χ4n) is 3.92. The van der Waals surface area contributed by atoms with E-state index >= 15 is 0 Å². The van der Waals surface area contributed by atoms with E-state index < -0.39 is 0 Å². The van der Waals surface area contributed by atoms with Crippen LogP contribution in [-0.2, 0) is 11.2 Å². The second-order valence-corrected chi connectivity index (χ2v) is 9.20. The van der Waals surface area contributed by atoms with Crippen molar-refractivity contribution in [3.63, 3.8) is 0 Å². The maximum absolute atomic E-state index is 12.6. The highest BCUT2D eigenvalue weighted by atomic mass is 32.1. The van der Waals surface area contributed by atoms with Gasteiger partial charge in [0.1, 0.15) is 16.6 Å². The Morgan fingerprint density at radius 2 is 1.97 bits per heavy atom. The summed E-state index contributed by atoms with van der Waals surface area (Å²) in [7, 11) is 0. The number of H-pyrrole nitrogens is 1. The molecule has 8 heteroatoms. The second-order valence-electron chi connectivity index (χ2n) is 8.27. The molecule has 7 nitrogen and oxygen atoms in total. The zero-order valence-electron chi connectivity index (χ0n) is 17.9. The number of hydrogen-bond donors (Lipinski definition) is 1. The van der Waals surface area contributed by atoms with Crippen molar-refractivity contribution in [3.05, 3.63) is 63.7 Å². The van der Waals surface area contributed by atoms with Gasteiger partial charge < -0.3 is 9.64 Å². The van der Waals surface area contributed by atoms with Crippen molar-refractivity contribution in [3.8, 4) is 10.8 Å². The number of ether oxygens (including phenoxy) is 1. The lowest BCUT2D eigenvalue weighted by Crippen LogP contribution is -2.41. The molecule has 164 valence electrons. The SMILES string of the molecule is CC(C)c1ccc(OCC(=O)N2CCC(Cc3n[nH]c(=O)n3-c3cccs3)CC2)cc1. The van der Waals surface area contributed by atoms with Gasteiger partial charge in [-0.3, -0.25) is 4.79 Å². The van der Waals surface area contributed by atoms with E-state index in [9.17, 15) is 9.59 Å². The van der Waals surface area contributed by atoms with Crippen LogP contribution in [0.5, 0.6) is 5.75 Å². The van der Waals surface area contributed by atoms with Gasteiger partial charge in [-0.15, -0.1) is 11.3 Å². The van der Waals surface area contributed by atoms with Gasteiger partial charge in [0.2, 0.25) is 0 Å². The van der Waals surface area contributed by atoms with Crippen LogP contribution in [0.2, 0.25) is 0 Å². The summed E-state index contributed by atoms with van der Waals surface area (Å²) in [6, 6.07) is 11.8. The fraction of sp³-hybridized carbons (Fsp3) is 0.435. The van der Waals surface area contributed by atoms with Crippen molar-refractivity contribution in [2.75, 3.05) is 19.7 Å². The Morgan fingerprint density at radius 1 is 1.23 bits per heavy atom. The van der Waals surface area contributed by atoms with E-state index in [0.29, 0.717) is 24.9 Å². The molecule has 0 radical (unpaired) electrons. The Morgan fingerprint density at radius 3 is 2.61 bits per heavy atom. The number of nitrogens with one attached hydrogen (secondary N) is 1. The van der Waals surface area contributed by atoms with Crippen LogP contribution in [0.4, 0.5) is 0 Å². The third-order valence-electron chi connectivity index (χ3n) is 5.82. The maximum Gasteiger partial charge on any atom is 0.348 e. The lowest BCUT2D eigenvalue weighted by atomic mass is 9.93. The highest BCUT2D eigenvalue weighted by Gasteiger charge is 2.25. The second kappa shape index (κ2) is 9.51. The first kappa shape index (κ1) is 21.4. The molecule has 1 fully saturated rings. The standard InChI is InChI=1S/C23H28N4O3S/c1-16(2)18-5-7-19(8-6-18)30-15-21(28)26-11-9-17(10-12-26)14-20-24-25-23(29)27(20)22-4-3-13-31-22/h3-8,13,16-17H,9-12,14-15H2,1-2H3,(H,25,29). The van der Waals surface area contributed by atoms with E-state index in [2.05, 4.69) is 24.0 Å². The number of aromatic nitrogens is 3. The quantitative estimate of drug-likeness (QED) is 0.609. The summed E-state index contributed by atoms with van der Waals surface area (Å²) in [5, 5.41) is 9.62. The largest absolute Gasteiger partial charge is 0.484 e. The van der Waals surface area contributed by atoms with Crippen LogP contribution in [0.25, 0.3) is 5.00 Å². The van der Waals surface area contributed by atoms with Gasteiger partial charge in [0.15, 0.2) is 6.61 Å². The minimum Gasteiger partial charge on any atom is -0.484 e. The predicted molar refractivity (Wildman–Crippen MR) is 121 cm³/mol. The molecule has 31 heavy (non-hydrogen) atoms. The predicted octanol–water partition coefficient (Wildman–Crippen LogP) is 3.61. The molecule has 1 aliphatic heterocycles. The zero-order chi connectivity index (χ0) is 21.8. The monoisotopic (exact) mass is 440 g/mol. The molecule has 0 spiro atoms. The molecule has 0 unspecified atom stereocenters. The summed E-state index contributed by atoms with van der Waals surface area (Å²) < 4.78 is 7.35. The molecule has 1 amide bonds. The molecule has 3 aromatic rings. The van der Waals surface area contributed by atoms with Crippen LogP contribution in [0, 0.1) is 5.92 Å². The Kier molecular flexibility index (Phi) is 6.56. The van der Waals surface area contributed by atoms with Crippen LogP contribution in [-0.4, -0.2) is 45.3 Å². The first-order chi connectivity index (χ1) is 15.0. The summed E-state index contributed by atoms with van der Waals surface area (Å²) in [4.78, 5) is 26.6. The lowest BCUT2D eigenvalue weighted by molar-refractivity contribution is -0.134. The molecule has 0 aliphatic carbocycles. The van der Waals surface area contributed by atoms with E-state index in [4.69, 9.17) is 4.74 Å². The molecular weight excluding hydrogens is 412 g/mol. The fourth-order valence-corrected chi connectivity index (χ4v) is 4.67. The van der Waals surface area contributed by atoms with Crippen LogP contribution < -0.4 is 10.4 Å². The van der Waals surface area contributed by atoms with Gasteiger partial charge in [-0.1, -0.05) is 26.0 Å². The summed E-state index contributed by atoms with van der Waals surface area (Å²) in [6.45, 7) is 5.76. The Hall–Kier alpha value is -2.87. The average molecular weight is 441 g/mol. The number of amides is 1. The molecule has 2 aromatic heterocycles. The summed E-state index contributed by atoms with van der Waals surface area (Å²) in [5.41, 5.74) is 1.05. The number of carbonyl (C=O) groups excluding carboxylic acids is 1. The van der Waals surface area contributed by atoms with E-state index in [-0.39, 0.29) is 18.2 Å². The van der Waals surface area contributed by atoms with Gasteiger partial charge in [0.25, 0.3) is 5.91 Å². The van der Waals surface area contributed by atoms with Crippen molar-refractivity contribution in [2.45, 2.75) is 39.0 Å². The number of rotatable bonds is 7. The molecule has 4 rings (SSSR count). The number of piperidine rings is 1. The van der Waals surface area contributed by atoms with Crippen molar-refractivity contribution in [1.29, 1.82) is 0 Å². The van der Waals surface area contributed by atoms with E-state index in [1.54, 1.807) is 4.57 Å². The minimum absolute atomic E-state index is 0.0154. The molecule has 3 heterocycles. The number of benzene rings is 1. The third-order valence-corrected chi connectivity index (χ3v) is 6.67. The van der Waals surface area contributed by atoms with Gasteiger partial charge in [-0.2, -0.15) is 5.10 Å². The first-order valence-corrected chi connectivity index (χ1v) is 11.6. The molecular formula is C23H28N4O3S. The van der Waals surface area contributed by atoms with Crippen LogP contribution >= 0.6 is 11.3 Å². The Balaban J connectivity index is 1.27. The van der Waals surface area contributed by atoms with Gasteiger partial charge in [0, 0.05) is 19.5 Å². The van der Waals surface area contributed by atoms with Crippen molar-refractivity contribution >= 4 is 17.2 Å². The van der Waals surface area contributed by atoms with Gasteiger partial charge in [0.05, 0.1) is 0 Å². The molecule has 1 aromatic carbocycles. The van der Waals surface area contributed by atoms with Crippen molar-refractivity contribution in [2.24, 2.45) is 5.92 Å². The highest BCUT2D eigenvalue weighted by molar-refractivity contribution is 7.12.